The molecule has 1 fully saturated rings. The third-order valence-electron chi connectivity index (χ3n) is 11.9. The van der Waals surface area contributed by atoms with Crippen LogP contribution in [-0.2, 0) is 21.0 Å². The van der Waals surface area contributed by atoms with Crippen molar-refractivity contribution in [3.63, 3.8) is 0 Å². The van der Waals surface area contributed by atoms with Crippen LogP contribution in [0.25, 0.3) is 0 Å². The zero-order valence-electron chi connectivity index (χ0n) is 35.2. The number of carbonyl (C=O) groups is 2. The van der Waals surface area contributed by atoms with Crippen molar-refractivity contribution in [2.24, 2.45) is 22.9 Å². The second kappa shape index (κ2) is 21.0. The number of ether oxygens (including phenoxy) is 3. The molecule has 4 aromatic rings. The summed E-state index contributed by atoms with van der Waals surface area (Å²) < 4.78 is 20.8. The van der Waals surface area contributed by atoms with Gasteiger partial charge in [0.05, 0.1) is 28.4 Å². The first-order valence-corrected chi connectivity index (χ1v) is 22.3. The van der Waals surface area contributed by atoms with Gasteiger partial charge >= 0.3 is 0 Å². The second-order valence-corrected chi connectivity index (χ2v) is 17.3. The average Bonchev–Trinajstić information content (AvgIpc) is 3.28. The summed E-state index contributed by atoms with van der Waals surface area (Å²) in [5, 5.41) is 38.5. The first kappa shape index (κ1) is 45.2. The summed E-state index contributed by atoms with van der Waals surface area (Å²) in [7, 11) is 0. The van der Waals surface area contributed by atoms with Crippen LogP contribution in [0.5, 0.6) is 17.2 Å². The normalized spacial score (nSPS) is 22.7. The number of unbranched alkanes of at least 4 members (excludes halogenated alkanes) is 2. The minimum absolute atomic E-state index is 0.0158. The van der Waals surface area contributed by atoms with Gasteiger partial charge in [0.2, 0.25) is 11.7 Å². The number of nitro groups is 1. The van der Waals surface area contributed by atoms with Crippen LogP contribution in [0.2, 0.25) is 0 Å². The van der Waals surface area contributed by atoms with Crippen molar-refractivity contribution < 1.29 is 43.8 Å². The number of aliphatic hydroxyl groups excluding tert-OH is 2. The van der Waals surface area contributed by atoms with E-state index >= 15 is 0 Å². The summed E-state index contributed by atoms with van der Waals surface area (Å²) in [5.41, 5.74) is 4.47. The predicted molar refractivity (Wildman–Crippen MR) is 241 cm³/mol. The van der Waals surface area contributed by atoms with E-state index in [2.05, 4.69) is 18.0 Å². The maximum Gasteiger partial charge on any atom is 0.269 e. The van der Waals surface area contributed by atoms with Crippen LogP contribution in [-0.4, -0.2) is 63.9 Å². The lowest BCUT2D eigenvalue weighted by Crippen LogP contribution is -2.64. The van der Waals surface area contributed by atoms with E-state index in [1.165, 1.54) is 19.1 Å². The highest BCUT2D eigenvalue weighted by atomic mass is 32.2. The van der Waals surface area contributed by atoms with Crippen molar-refractivity contribution in [3.8, 4) is 17.2 Å². The fourth-order valence-electron chi connectivity index (χ4n) is 9.16. The zero-order valence-corrected chi connectivity index (χ0v) is 36.0. The smallest absolute Gasteiger partial charge is 0.269 e. The summed E-state index contributed by atoms with van der Waals surface area (Å²) >= 11 is 1.59. The molecule has 63 heavy (non-hydrogen) atoms. The van der Waals surface area contributed by atoms with Crippen molar-refractivity contribution in [2.75, 3.05) is 25.1 Å². The summed E-state index contributed by atoms with van der Waals surface area (Å²) in [5.74, 6) is -0.196. The fraction of sp³-hybridized carbons (Fsp3) is 0.367. The van der Waals surface area contributed by atoms with Gasteiger partial charge in [-0.1, -0.05) is 42.3 Å². The molecule has 0 saturated heterocycles. The van der Waals surface area contributed by atoms with Gasteiger partial charge in [-0.15, -0.1) is 18.3 Å². The number of aliphatic hydroxyl groups is 2. The van der Waals surface area contributed by atoms with Crippen LogP contribution in [0.15, 0.2) is 125 Å². The van der Waals surface area contributed by atoms with Crippen LogP contribution in [0, 0.1) is 27.9 Å². The maximum atomic E-state index is 11.9. The summed E-state index contributed by atoms with van der Waals surface area (Å²) in [6.07, 6.45) is 9.67. The molecule has 1 aliphatic heterocycles. The number of nitro benzene ring substituents is 1. The number of rotatable bonds is 21. The molecule has 330 valence electrons. The lowest BCUT2D eigenvalue weighted by atomic mass is 9.56. The lowest BCUT2D eigenvalue weighted by Gasteiger charge is -2.58. The number of carbonyl (C=O) groups excluding carboxylic acids is 2. The molecule has 0 bridgehead atoms. The van der Waals surface area contributed by atoms with Gasteiger partial charge in [0.15, 0.2) is 0 Å². The monoisotopic (exact) mass is 875 g/mol. The maximum absolute atomic E-state index is 11.9. The van der Waals surface area contributed by atoms with Gasteiger partial charge in [0.25, 0.3) is 5.69 Å². The molecular weight excluding hydrogens is 823 g/mol. The molecule has 6 atom stereocenters. The number of hydrogen-bond acceptors (Lipinski definition) is 12. The molecule has 0 aromatic heterocycles. The third-order valence-corrected chi connectivity index (χ3v) is 13.2. The Bertz CT molecular complexity index is 2320. The lowest BCUT2D eigenvalue weighted by molar-refractivity contribution is -0.384. The zero-order chi connectivity index (χ0) is 44.3. The van der Waals surface area contributed by atoms with Gasteiger partial charge in [-0.05, 0) is 115 Å². The van der Waals surface area contributed by atoms with Gasteiger partial charge in [-0.2, -0.15) is 0 Å². The van der Waals surface area contributed by atoms with Gasteiger partial charge < -0.3 is 34.6 Å². The van der Waals surface area contributed by atoms with Crippen LogP contribution in [0.4, 0.5) is 11.4 Å². The molecule has 3 N–H and O–H groups in total. The Balaban J connectivity index is 1.38. The number of oxime groups is 1. The number of amides is 1. The van der Waals surface area contributed by atoms with Crippen molar-refractivity contribution in [2.45, 2.75) is 80.3 Å². The minimum Gasteiger partial charge on any atom is -0.460 e. The van der Waals surface area contributed by atoms with Crippen molar-refractivity contribution in [1.29, 1.82) is 0 Å². The van der Waals surface area contributed by atoms with E-state index in [4.69, 9.17) is 24.2 Å². The fourth-order valence-corrected chi connectivity index (χ4v) is 10.4. The Morgan fingerprint density at radius 2 is 1.75 bits per heavy atom. The predicted octanol–water partition coefficient (Wildman–Crippen LogP) is 9.78. The molecule has 0 spiro atoms. The molecule has 13 nitrogen and oxygen atoms in total. The van der Waals surface area contributed by atoms with E-state index < -0.39 is 21.9 Å². The van der Waals surface area contributed by atoms with Crippen molar-refractivity contribution in [1.82, 2.24) is 0 Å². The number of nitrogens with one attached hydrogen (secondary N) is 1. The molecule has 1 heterocycles. The van der Waals surface area contributed by atoms with Gasteiger partial charge in [0, 0.05) is 66.3 Å². The third kappa shape index (κ3) is 10.5. The van der Waals surface area contributed by atoms with E-state index in [9.17, 15) is 29.9 Å². The van der Waals surface area contributed by atoms with Crippen LogP contribution >= 0.6 is 11.8 Å². The van der Waals surface area contributed by atoms with Gasteiger partial charge in [-0.3, -0.25) is 19.7 Å². The molecule has 14 heteroatoms. The van der Waals surface area contributed by atoms with Crippen LogP contribution < -0.4 is 14.8 Å². The molecular formula is C49H53N3O10S. The number of hydrogen-bond donors (Lipinski definition) is 3. The molecule has 7 rings (SSSR count). The molecule has 0 radical (unpaired) electrons. The number of fused-ring (bicyclic) bond motifs is 2. The first-order chi connectivity index (χ1) is 30.7. The van der Waals surface area contributed by atoms with E-state index in [-0.39, 0.29) is 55.8 Å². The average molecular weight is 876 g/mol. The number of non-ortho nitro benzene ring substituents is 1. The quantitative estimate of drug-likeness (QED) is 0.0239. The van der Waals surface area contributed by atoms with Gasteiger partial charge in [0.1, 0.15) is 30.1 Å². The summed E-state index contributed by atoms with van der Waals surface area (Å²) in [6.45, 7) is 5.92. The first-order valence-electron chi connectivity index (χ1n) is 21.4. The van der Waals surface area contributed by atoms with Crippen LogP contribution in [0.1, 0.15) is 79.3 Å². The molecule has 1 saturated carbocycles. The van der Waals surface area contributed by atoms with Crippen molar-refractivity contribution in [3.05, 3.63) is 142 Å². The highest BCUT2D eigenvalue weighted by molar-refractivity contribution is 8.00. The summed E-state index contributed by atoms with van der Waals surface area (Å²) in [4.78, 5) is 41.4. The Morgan fingerprint density at radius 3 is 2.44 bits per heavy atom. The number of aldehydes is 1. The summed E-state index contributed by atoms with van der Waals surface area (Å²) in [6, 6.07) is 26.6. The van der Waals surface area contributed by atoms with E-state index in [1.54, 1.807) is 54.2 Å². The Hall–Kier alpha value is -5.80. The minimum atomic E-state index is -1.25. The molecule has 2 aliphatic carbocycles. The number of thioether (sulfide) groups is 1. The number of allylic oxidation sites excluding steroid dienone is 1. The van der Waals surface area contributed by atoms with E-state index in [1.807, 2.05) is 42.5 Å². The van der Waals surface area contributed by atoms with Gasteiger partial charge in [-0.25, -0.2) is 0 Å². The van der Waals surface area contributed by atoms with Crippen LogP contribution in [0.3, 0.4) is 0 Å². The SMILES string of the molecule is C=CCOC12Oc3ccc(Oc4cccc(C=O)c4)cc3C3C(CCCCO)C(CCCCO)C=C(C(=NOCc4ccc([N+](=O)[O-])cc4)CC1Sc1ccc(NC(C)=O)cc1)C32. The largest absolute Gasteiger partial charge is 0.460 e. The Kier molecular flexibility index (Phi) is 15.1. The number of nitrogens with zero attached hydrogens (tertiary/aromatic N) is 2. The molecule has 4 aromatic carbocycles. The topological polar surface area (TPSA) is 179 Å². The Labute approximate surface area is 371 Å². The molecule has 1 amide bonds. The second-order valence-electron chi connectivity index (χ2n) is 16.1. The highest BCUT2D eigenvalue weighted by Crippen LogP contribution is 2.63. The number of benzene rings is 4. The molecule has 3 aliphatic rings. The number of anilines is 1. The highest BCUT2D eigenvalue weighted by Gasteiger charge is 2.64. The van der Waals surface area contributed by atoms with Crippen molar-refractivity contribution >= 4 is 41.0 Å². The molecule has 6 unspecified atom stereocenters. The van der Waals surface area contributed by atoms with E-state index in [0.717, 1.165) is 59.3 Å². The van der Waals surface area contributed by atoms with E-state index in [0.29, 0.717) is 47.8 Å². The Morgan fingerprint density at radius 1 is 1.00 bits per heavy atom. The standard InChI is InChI=1S/C49H53N3O10S/c1-3-25-59-49-46(63-40-20-15-36(16-21-40)50-32(2)56)29-44(51-60-31-33-13-17-37(18-14-33)52(57)58)42-27-35(10-4-6-23-53)41(12-5-7-24-54)47(48(42)49)43-28-39(19-22-45(43)62-49)61-38-11-8-9-34(26-38)30-55/h3,8-9,11,13-22,26-28,30,35,41,46-48,53-54H,1,4-7,10,12,23-25,29,31H2,2H3,(H,50,56).